The first kappa shape index (κ1) is 17.1. The Morgan fingerprint density at radius 1 is 1.25 bits per heavy atom. The molecule has 0 bridgehead atoms. The molecule has 1 aliphatic heterocycles. The quantitative estimate of drug-likeness (QED) is 0.784. The fourth-order valence-corrected chi connectivity index (χ4v) is 3.76. The topological polar surface area (TPSA) is 34.5 Å². The van der Waals surface area contributed by atoms with E-state index in [1.165, 1.54) is 0 Å². The molecule has 1 atom stereocenters. The SMILES string of the molecule is Cc1ccc(OC(C)C(=O)N2CCC(n3cccc3)CC2)c(Br)c1. The third-order valence-electron chi connectivity index (χ3n) is 4.56. The fourth-order valence-electron chi connectivity index (χ4n) is 3.18. The molecule has 3 rings (SSSR count). The molecular weight excluding hydrogens is 368 g/mol. The van der Waals surface area contributed by atoms with Crippen LogP contribution in [0.5, 0.6) is 5.75 Å². The first-order chi connectivity index (χ1) is 11.5. The van der Waals surface area contributed by atoms with Crippen molar-refractivity contribution in [3.05, 3.63) is 52.8 Å². The van der Waals surface area contributed by atoms with Crippen LogP contribution in [0.3, 0.4) is 0 Å². The summed E-state index contributed by atoms with van der Waals surface area (Å²) in [4.78, 5) is 14.6. The maximum Gasteiger partial charge on any atom is 0.263 e. The van der Waals surface area contributed by atoms with Gasteiger partial charge in [0, 0.05) is 31.5 Å². The lowest BCUT2D eigenvalue weighted by Crippen LogP contribution is -2.45. The molecular formula is C19H23BrN2O2. The van der Waals surface area contributed by atoms with E-state index in [2.05, 4.69) is 32.9 Å². The van der Waals surface area contributed by atoms with Gasteiger partial charge < -0.3 is 14.2 Å². The van der Waals surface area contributed by atoms with Crippen LogP contribution in [0.2, 0.25) is 0 Å². The van der Waals surface area contributed by atoms with E-state index < -0.39 is 6.10 Å². The van der Waals surface area contributed by atoms with E-state index in [1.807, 2.05) is 49.1 Å². The highest BCUT2D eigenvalue weighted by Crippen LogP contribution is 2.28. The van der Waals surface area contributed by atoms with Crippen LogP contribution in [-0.2, 0) is 4.79 Å². The Hall–Kier alpha value is -1.75. The van der Waals surface area contributed by atoms with E-state index in [4.69, 9.17) is 4.74 Å². The molecule has 1 aliphatic rings. The van der Waals surface area contributed by atoms with Gasteiger partial charge in [0.2, 0.25) is 0 Å². The number of hydrogen-bond acceptors (Lipinski definition) is 2. The second-order valence-electron chi connectivity index (χ2n) is 6.38. The van der Waals surface area contributed by atoms with Crippen molar-refractivity contribution >= 4 is 21.8 Å². The minimum Gasteiger partial charge on any atom is -0.480 e. The largest absolute Gasteiger partial charge is 0.480 e. The van der Waals surface area contributed by atoms with Crippen molar-refractivity contribution in [2.75, 3.05) is 13.1 Å². The van der Waals surface area contributed by atoms with Crippen LogP contribution in [-0.4, -0.2) is 34.6 Å². The molecule has 0 radical (unpaired) electrons. The van der Waals surface area contributed by atoms with Crippen LogP contribution in [0.4, 0.5) is 0 Å². The normalized spacial score (nSPS) is 16.9. The number of ether oxygens (including phenoxy) is 1. The van der Waals surface area contributed by atoms with Gasteiger partial charge in [-0.2, -0.15) is 0 Å². The van der Waals surface area contributed by atoms with Gasteiger partial charge in [-0.3, -0.25) is 4.79 Å². The van der Waals surface area contributed by atoms with E-state index in [1.54, 1.807) is 0 Å². The Morgan fingerprint density at radius 2 is 1.92 bits per heavy atom. The predicted octanol–water partition coefficient (Wildman–Crippen LogP) is 4.19. The van der Waals surface area contributed by atoms with Crippen molar-refractivity contribution in [2.45, 2.75) is 38.8 Å². The summed E-state index contributed by atoms with van der Waals surface area (Å²) in [6.07, 6.45) is 5.70. The fraction of sp³-hybridized carbons (Fsp3) is 0.421. The first-order valence-corrected chi connectivity index (χ1v) is 9.18. The van der Waals surface area contributed by atoms with Gasteiger partial charge in [-0.25, -0.2) is 0 Å². The van der Waals surface area contributed by atoms with Gasteiger partial charge in [0.05, 0.1) is 4.47 Å². The smallest absolute Gasteiger partial charge is 0.263 e. The second-order valence-corrected chi connectivity index (χ2v) is 7.24. The highest BCUT2D eigenvalue weighted by atomic mass is 79.9. The molecule has 2 aromatic rings. The summed E-state index contributed by atoms with van der Waals surface area (Å²) in [6.45, 7) is 5.42. The molecule has 0 saturated carbocycles. The lowest BCUT2D eigenvalue weighted by molar-refractivity contribution is -0.139. The molecule has 4 nitrogen and oxygen atoms in total. The number of carbonyl (C=O) groups excluding carboxylic acids is 1. The monoisotopic (exact) mass is 390 g/mol. The van der Waals surface area contributed by atoms with Crippen molar-refractivity contribution < 1.29 is 9.53 Å². The summed E-state index contributed by atoms with van der Waals surface area (Å²) >= 11 is 3.50. The number of hydrogen-bond donors (Lipinski definition) is 0. The molecule has 1 unspecified atom stereocenters. The van der Waals surface area contributed by atoms with Gasteiger partial charge in [0.1, 0.15) is 5.75 Å². The Bertz CT molecular complexity index is 691. The summed E-state index contributed by atoms with van der Waals surface area (Å²) < 4.78 is 8.99. The maximum absolute atomic E-state index is 12.7. The van der Waals surface area contributed by atoms with E-state index >= 15 is 0 Å². The predicted molar refractivity (Wildman–Crippen MR) is 98.3 cm³/mol. The third kappa shape index (κ3) is 3.83. The number of likely N-dealkylation sites (tertiary alicyclic amines) is 1. The third-order valence-corrected chi connectivity index (χ3v) is 5.18. The standard InChI is InChI=1S/C19H23BrN2O2/c1-14-5-6-18(17(20)13-14)24-15(2)19(23)22-11-7-16(8-12-22)21-9-3-4-10-21/h3-6,9-10,13,15-16H,7-8,11-12H2,1-2H3. The van der Waals surface area contributed by atoms with Crippen molar-refractivity contribution in [1.29, 1.82) is 0 Å². The zero-order chi connectivity index (χ0) is 17.1. The summed E-state index contributed by atoms with van der Waals surface area (Å²) in [6, 6.07) is 10.5. The molecule has 1 saturated heterocycles. The molecule has 1 aromatic carbocycles. The van der Waals surface area contributed by atoms with Gasteiger partial charge in [-0.05, 0) is 72.4 Å². The summed E-state index contributed by atoms with van der Waals surface area (Å²) in [5, 5.41) is 0. The molecule has 0 N–H and O–H groups in total. The number of halogens is 1. The highest BCUT2D eigenvalue weighted by molar-refractivity contribution is 9.10. The highest BCUT2D eigenvalue weighted by Gasteiger charge is 2.27. The number of rotatable bonds is 4. The van der Waals surface area contributed by atoms with Gasteiger partial charge in [0.15, 0.2) is 6.10 Å². The molecule has 0 aliphatic carbocycles. The molecule has 1 fully saturated rings. The Morgan fingerprint density at radius 3 is 2.54 bits per heavy atom. The van der Waals surface area contributed by atoms with Gasteiger partial charge in [-0.1, -0.05) is 6.07 Å². The summed E-state index contributed by atoms with van der Waals surface area (Å²) in [7, 11) is 0. The van der Waals surface area contributed by atoms with Crippen LogP contribution >= 0.6 is 15.9 Å². The second kappa shape index (κ2) is 7.43. The first-order valence-electron chi connectivity index (χ1n) is 8.38. The summed E-state index contributed by atoms with van der Waals surface area (Å²) in [5.74, 6) is 0.775. The number of carbonyl (C=O) groups is 1. The van der Waals surface area contributed by atoms with Crippen molar-refractivity contribution in [3.8, 4) is 5.75 Å². The van der Waals surface area contributed by atoms with E-state index in [0.717, 1.165) is 36.0 Å². The summed E-state index contributed by atoms with van der Waals surface area (Å²) in [5.41, 5.74) is 1.15. The molecule has 0 spiro atoms. The van der Waals surface area contributed by atoms with Gasteiger partial charge in [0.25, 0.3) is 5.91 Å². The minimum absolute atomic E-state index is 0.0634. The number of benzene rings is 1. The van der Waals surface area contributed by atoms with Crippen LogP contribution in [0.15, 0.2) is 47.2 Å². The Labute approximate surface area is 151 Å². The minimum atomic E-state index is -0.480. The number of aryl methyl sites for hydroxylation is 1. The van der Waals surface area contributed by atoms with Gasteiger partial charge in [-0.15, -0.1) is 0 Å². The van der Waals surface area contributed by atoms with Crippen LogP contribution in [0, 0.1) is 6.92 Å². The zero-order valence-electron chi connectivity index (χ0n) is 14.1. The van der Waals surface area contributed by atoms with Gasteiger partial charge >= 0.3 is 0 Å². The number of nitrogens with zero attached hydrogens (tertiary/aromatic N) is 2. The van der Waals surface area contributed by atoms with Crippen LogP contribution in [0.1, 0.15) is 31.4 Å². The van der Waals surface area contributed by atoms with Crippen molar-refractivity contribution in [2.24, 2.45) is 0 Å². The zero-order valence-corrected chi connectivity index (χ0v) is 15.7. The molecule has 5 heteroatoms. The molecule has 128 valence electrons. The van der Waals surface area contributed by atoms with Crippen molar-refractivity contribution in [3.63, 3.8) is 0 Å². The number of aromatic nitrogens is 1. The number of amides is 1. The van der Waals surface area contributed by atoms with E-state index in [-0.39, 0.29) is 5.91 Å². The maximum atomic E-state index is 12.7. The molecule has 1 aromatic heterocycles. The van der Waals surface area contributed by atoms with Crippen LogP contribution in [0.25, 0.3) is 0 Å². The molecule has 1 amide bonds. The Balaban J connectivity index is 1.56. The lowest BCUT2D eigenvalue weighted by Gasteiger charge is -2.34. The van der Waals surface area contributed by atoms with Crippen LogP contribution < -0.4 is 4.74 Å². The molecule has 2 heterocycles. The average molecular weight is 391 g/mol. The van der Waals surface area contributed by atoms with E-state index in [9.17, 15) is 4.79 Å². The number of piperidine rings is 1. The lowest BCUT2D eigenvalue weighted by atomic mass is 10.0. The Kier molecular flexibility index (Phi) is 5.29. The van der Waals surface area contributed by atoms with E-state index in [0.29, 0.717) is 11.8 Å². The van der Waals surface area contributed by atoms with Crippen molar-refractivity contribution in [1.82, 2.24) is 9.47 Å². The molecule has 24 heavy (non-hydrogen) atoms. The average Bonchev–Trinajstić information content (AvgIpc) is 3.11.